The molecule has 0 amide bonds. The van der Waals surface area contributed by atoms with Crippen molar-refractivity contribution in [3.8, 4) is 28.4 Å². The Kier molecular flexibility index (Phi) is 5.05. The van der Waals surface area contributed by atoms with Gasteiger partial charge in [0.1, 0.15) is 17.0 Å². The molecule has 7 nitrogen and oxygen atoms in total. The van der Waals surface area contributed by atoms with Gasteiger partial charge in [-0.05, 0) is 48.9 Å². The SMILES string of the molecule is COC(=O)c1cn(-c2cccc(Cl)c2C)cc2c(=O)n(-c3ccc(OC)cc3)nc1-2. The zero-order valence-corrected chi connectivity index (χ0v) is 17.3. The van der Waals surface area contributed by atoms with E-state index < -0.39 is 5.97 Å². The number of methoxy groups -OCH3 is 2. The average molecular weight is 424 g/mol. The number of carbonyl (C=O) groups is 1. The molecule has 0 saturated heterocycles. The van der Waals surface area contributed by atoms with Gasteiger partial charge in [0.05, 0.1) is 25.5 Å². The van der Waals surface area contributed by atoms with E-state index in [-0.39, 0.29) is 22.4 Å². The fraction of sp³-hybridized carbons (Fsp3) is 0.136. The summed E-state index contributed by atoms with van der Waals surface area (Å²) in [5.41, 5.74) is 2.48. The van der Waals surface area contributed by atoms with Crippen molar-refractivity contribution in [3.05, 3.63) is 81.4 Å². The third-order valence-electron chi connectivity index (χ3n) is 4.91. The average Bonchev–Trinajstić information content (AvgIpc) is 3.11. The molecular weight excluding hydrogens is 406 g/mol. The Balaban J connectivity index is 1.98. The first-order valence-electron chi connectivity index (χ1n) is 9.08. The molecule has 30 heavy (non-hydrogen) atoms. The standard InChI is InChI=1S/C22H18ClN3O4/c1-13-18(23)5-4-6-19(13)25-11-16-20(17(12-25)22(28)30-3)24-26(21(16)27)14-7-9-15(29-2)10-8-14/h4-12H,1-3H3. The molecule has 0 spiro atoms. The van der Waals surface area contributed by atoms with Gasteiger partial charge in [0.2, 0.25) is 0 Å². The Morgan fingerprint density at radius 1 is 1.07 bits per heavy atom. The lowest BCUT2D eigenvalue weighted by Gasteiger charge is -2.14. The number of aromatic nitrogens is 3. The van der Waals surface area contributed by atoms with Gasteiger partial charge < -0.3 is 14.0 Å². The number of carbonyl (C=O) groups excluding carboxylic acids is 1. The van der Waals surface area contributed by atoms with Crippen LogP contribution < -0.4 is 10.3 Å². The van der Waals surface area contributed by atoms with Crippen molar-refractivity contribution in [1.29, 1.82) is 0 Å². The molecule has 2 aliphatic rings. The number of esters is 1. The topological polar surface area (TPSA) is 75.3 Å². The van der Waals surface area contributed by atoms with Gasteiger partial charge in [0, 0.05) is 23.1 Å². The molecule has 8 heteroatoms. The highest BCUT2D eigenvalue weighted by molar-refractivity contribution is 6.31. The summed E-state index contributed by atoms with van der Waals surface area (Å²) in [5, 5.41) is 4.98. The molecule has 0 aromatic heterocycles. The fourth-order valence-electron chi connectivity index (χ4n) is 3.28. The number of rotatable bonds is 4. The van der Waals surface area contributed by atoms with E-state index in [4.69, 9.17) is 21.1 Å². The molecule has 2 aliphatic heterocycles. The summed E-state index contributed by atoms with van der Waals surface area (Å²) in [6.45, 7) is 1.87. The maximum Gasteiger partial charge on any atom is 0.341 e. The van der Waals surface area contributed by atoms with Gasteiger partial charge in [0.15, 0.2) is 0 Å². The fourth-order valence-corrected chi connectivity index (χ4v) is 3.45. The first kappa shape index (κ1) is 19.7. The Morgan fingerprint density at radius 2 is 1.80 bits per heavy atom. The first-order valence-corrected chi connectivity index (χ1v) is 9.45. The quantitative estimate of drug-likeness (QED) is 0.465. The highest BCUT2D eigenvalue weighted by Gasteiger charge is 2.25. The van der Waals surface area contributed by atoms with Crippen molar-refractivity contribution in [2.24, 2.45) is 0 Å². The minimum absolute atomic E-state index is 0.179. The van der Waals surface area contributed by atoms with E-state index in [0.29, 0.717) is 16.5 Å². The number of benzene rings is 2. The Hall–Kier alpha value is -3.58. The van der Waals surface area contributed by atoms with E-state index >= 15 is 0 Å². The van der Waals surface area contributed by atoms with Crippen LogP contribution in [0.2, 0.25) is 5.02 Å². The van der Waals surface area contributed by atoms with Crippen LogP contribution in [0.1, 0.15) is 15.9 Å². The van der Waals surface area contributed by atoms with Crippen LogP contribution in [0.4, 0.5) is 0 Å². The number of pyridine rings is 1. The van der Waals surface area contributed by atoms with Crippen molar-refractivity contribution < 1.29 is 14.3 Å². The monoisotopic (exact) mass is 423 g/mol. The van der Waals surface area contributed by atoms with E-state index in [9.17, 15) is 9.59 Å². The smallest absolute Gasteiger partial charge is 0.341 e. The van der Waals surface area contributed by atoms with Crippen LogP contribution in [-0.4, -0.2) is 34.5 Å². The molecule has 0 fully saturated rings. The molecule has 0 N–H and O–H groups in total. The first-order chi connectivity index (χ1) is 14.4. The number of hydrogen-bond acceptors (Lipinski definition) is 5. The van der Waals surface area contributed by atoms with Crippen LogP contribution in [0, 0.1) is 6.92 Å². The van der Waals surface area contributed by atoms with Gasteiger partial charge in [0.25, 0.3) is 5.56 Å². The molecule has 0 bridgehead atoms. The number of nitrogens with zero attached hydrogens (tertiary/aromatic N) is 3. The van der Waals surface area contributed by atoms with Crippen LogP contribution in [-0.2, 0) is 4.74 Å². The van der Waals surface area contributed by atoms with Gasteiger partial charge >= 0.3 is 5.97 Å². The van der Waals surface area contributed by atoms with Crippen molar-refractivity contribution in [2.75, 3.05) is 14.2 Å². The van der Waals surface area contributed by atoms with Crippen LogP contribution in [0.3, 0.4) is 0 Å². The summed E-state index contributed by atoms with van der Waals surface area (Å²) in [6, 6.07) is 12.3. The Morgan fingerprint density at radius 3 is 2.47 bits per heavy atom. The molecule has 0 saturated carbocycles. The van der Waals surface area contributed by atoms with E-state index in [0.717, 1.165) is 11.3 Å². The zero-order valence-electron chi connectivity index (χ0n) is 16.5. The minimum Gasteiger partial charge on any atom is -0.497 e. The predicted molar refractivity (Wildman–Crippen MR) is 113 cm³/mol. The van der Waals surface area contributed by atoms with E-state index in [1.54, 1.807) is 60.5 Å². The lowest BCUT2D eigenvalue weighted by Crippen LogP contribution is -2.15. The van der Waals surface area contributed by atoms with Crippen molar-refractivity contribution >= 4 is 17.6 Å². The van der Waals surface area contributed by atoms with Gasteiger partial charge in [-0.1, -0.05) is 17.7 Å². The number of hydrogen-bond donors (Lipinski definition) is 0. The molecular formula is C22H18ClN3O4. The predicted octanol–water partition coefficient (Wildman–Crippen LogP) is 3.89. The molecule has 2 aromatic rings. The molecule has 0 aliphatic carbocycles. The van der Waals surface area contributed by atoms with Crippen LogP contribution in [0.15, 0.2) is 59.7 Å². The third kappa shape index (κ3) is 3.23. The minimum atomic E-state index is -0.589. The Bertz CT molecular complexity index is 1270. The summed E-state index contributed by atoms with van der Waals surface area (Å²) in [7, 11) is 2.85. The molecule has 152 valence electrons. The lowest BCUT2D eigenvalue weighted by molar-refractivity contribution is 0.0600. The summed E-state index contributed by atoms with van der Waals surface area (Å²) in [6.07, 6.45) is 3.24. The zero-order chi connectivity index (χ0) is 21.4. The number of fused-ring (bicyclic) bond motifs is 1. The van der Waals surface area contributed by atoms with Gasteiger partial charge in [-0.3, -0.25) is 4.79 Å². The van der Waals surface area contributed by atoms with Gasteiger partial charge in [-0.25, -0.2) is 4.79 Å². The van der Waals surface area contributed by atoms with Gasteiger partial charge in [-0.2, -0.15) is 9.78 Å². The van der Waals surface area contributed by atoms with Crippen molar-refractivity contribution in [3.63, 3.8) is 0 Å². The molecule has 0 atom stereocenters. The summed E-state index contributed by atoms with van der Waals surface area (Å²) >= 11 is 6.26. The third-order valence-corrected chi connectivity index (χ3v) is 5.32. The van der Waals surface area contributed by atoms with Gasteiger partial charge in [-0.15, -0.1) is 0 Å². The molecule has 0 radical (unpaired) electrons. The largest absolute Gasteiger partial charge is 0.497 e. The summed E-state index contributed by atoms with van der Waals surface area (Å²) in [4.78, 5) is 25.6. The van der Waals surface area contributed by atoms with Crippen LogP contribution in [0.25, 0.3) is 22.6 Å². The highest BCUT2D eigenvalue weighted by atomic mass is 35.5. The molecule has 2 heterocycles. The lowest BCUT2D eigenvalue weighted by atomic mass is 10.1. The summed E-state index contributed by atoms with van der Waals surface area (Å²) < 4.78 is 13.0. The Labute approximate surface area is 177 Å². The van der Waals surface area contributed by atoms with Crippen LogP contribution in [0.5, 0.6) is 5.75 Å². The molecule has 0 unspecified atom stereocenters. The second-order valence-corrected chi connectivity index (χ2v) is 7.04. The highest BCUT2D eigenvalue weighted by Crippen LogP contribution is 2.28. The summed E-state index contributed by atoms with van der Waals surface area (Å²) in [5.74, 6) is 0.0702. The van der Waals surface area contributed by atoms with E-state index in [2.05, 4.69) is 5.10 Å². The number of halogens is 1. The molecule has 2 aromatic carbocycles. The molecule has 4 rings (SSSR count). The maximum absolute atomic E-state index is 13.2. The van der Waals surface area contributed by atoms with E-state index in [1.165, 1.54) is 11.8 Å². The second-order valence-electron chi connectivity index (χ2n) is 6.63. The number of ether oxygens (including phenoxy) is 2. The van der Waals surface area contributed by atoms with E-state index in [1.807, 2.05) is 13.0 Å². The second kappa shape index (κ2) is 7.68. The maximum atomic E-state index is 13.2. The van der Waals surface area contributed by atoms with Crippen LogP contribution >= 0.6 is 11.6 Å². The van der Waals surface area contributed by atoms with Crippen molar-refractivity contribution in [1.82, 2.24) is 14.3 Å². The normalized spacial score (nSPS) is 10.9. The van der Waals surface area contributed by atoms with Crippen molar-refractivity contribution in [2.45, 2.75) is 6.92 Å².